The zero-order valence-corrected chi connectivity index (χ0v) is 14.1. The summed E-state index contributed by atoms with van der Waals surface area (Å²) in [5.74, 6) is 0. The van der Waals surface area contributed by atoms with Crippen LogP contribution in [0.25, 0.3) is 0 Å². The van der Waals surface area contributed by atoms with Crippen LogP contribution in [0, 0.1) is 0 Å². The number of rotatable bonds is 5. The Morgan fingerprint density at radius 2 is 0.958 bits per heavy atom. The average molecular weight is 321 g/mol. The Kier molecular flexibility index (Phi) is 7.55. The van der Waals surface area contributed by atoms with Crippen molar-refractivity contribution in [3.05, 3.63) is 91.0 Å². The minimum atomic E-state index is -0.156. The van der Waals surface area contributed by atoms with E-state index in [0.717, 1.165) is 12.8 Å². The Morgan fingerprint density at radius 1 is 0.625 bits per heavy atom. The van der Waals surface area contributed by atoms with Crippen molar-refractivity contribution in [1.29, 1.82) is 0 Å². The first-order valence-corrected chi connectivity index (χ1v) is 8.38. The molecule has 3 aromatic rings. The lowest BCUT2D eigenvalue weighted by Crippen LogP contribution is -2.09. The van der Waals surface area contributed by atoms with Crippen LogP contribution in [0.5, 0.6) is 0 Å². The Bertz CT molecular complexity index is 572. The van der Waals surface area contributed by atoms with Crippen LogP contribution in [0.2, 0.25) is 0 Å². The number of para-hydroxylation sites is 3. The van der Waals surface area contributed by atoms with Gasteiger partial charge in [0.2, 0.25) is 0 Å². The summed E-state index contributed by atoms with van der Waals surface area (Å²) in [6.45, 7) is 1.82. The maximum atomic E-state index is 11.0. The smallest absolute Gasteiger partial charge is 0.0894 e. The predicted molar refractivity (Wildman–Crippen MR) is 102 cm³/mol. The second-order valence-corrected chi connectivity index (χ2v) is 5.38. The van der Waals surface area contributed by atoms with Gasteiger partial charge in [0.05, 0.1) is 6.67 Å². The van der Waals surface area contributed by atoms with E-state index in [2.05, 4.69) is 77.7 Å². The molecule has 2 heteroatoms. The fourth-order valence-corrected chi connectivity index (χ4v) is 2.31. The summed E-state index contributed by atoms with van der Waals surface area (Å²) in [4.78, 5) is 2.25. The quantitative estimate of drug-likeness (QED) is 0.493. The number of hydrogen-bond donors (Lipinski definition) is 0. The van der Waals surface area contributed by atoms with E-state index in [9.17, 15) is 4.39 Å². The molecule has 0 aliphatic rings. The summed E-state index contributed by atoms with van der Waals surface area (Å²) in [5.41, 5.74) is 3.50. The van der Waals surface area contributed by atoms with Gasteiger partial charge < -0.3 is 4.90 Å². The first-order valence-electron chi connectivity index (χ1n) is 8.38. The third-order valence-corrected chi connectivity index (χ3v) is 3.53. The van der Waals surface area contributed by atoms with Crippen LogP contribution in [0.3, 0.4) is 0 Å². The zero-order chi connectivity index (χ0) is 17.0. The van der Waals surface area contributed by atoms with E-state index in [1.807, 2.05) is 25.1 Å². The van der Waals surface area contributed by atoms with E-state index < -0.39 is 0 Å². The molecule has 0 saturated heterocycles. The maximum absolute atomic E-state index is 11.0. The SMILES string of the molecule is CCCCF.c1ccc(N(c2ccccc2)c2ccccc2)cc1. The van der Waals surface area contributed by atoms with Crippen LogP contribution in [0.15, 0.2) is 91.0 Å². The summed E-state index contributed by atoms with van der Waals surface area (Å²) >= 11 is 0. The molecule has 1 nitrogen and oxygen atoms in total. The van der Waals surface area contributed by atoms with Crippen LogP contribution >= 0.6 is 0 Å². The van der Waals surface area contributed by atoms with Crippen molar-refractivity contribution in [2.75, 3.05) is 11.6 Å². The topological polar surface area (TPSA) is 3.24 Å². The second-order valence-electron chi connectivity index (χ2n) is 5.38. The highest BCUT2D eigenvalue weighted by Gasteiger charge is 2.10. The molecule has 0 atom stereocenters. The van der Waals surface area contributed by atoms with Gasteiger partial charge in [-0.05, 0) is 42.8 Å². The molecule has 0 radical (unpaired) electrons. The van der Waals surface area contributed by atoms with Crippen molar-refractivity contribution in [3.63, 3.8) is 0 Å². The first-order chi connectivity index (χ1) is 11.9. The van der Waals surface area contributed by atoms with Gasteiger partial charge in [-0.3, -0.25) is 4.39 Å². The summed E-state index contributed by atoms with van der Waals surface area (Å²) in [5, 5.41) is 0. The minimum Gasteiger partial charge on any atom is -0.311 e. The largest absolute Gasteiger partial charge is 0.311 e. The van der Waals surface area contributed by atoms with Crippen molar-refractivity contribution in [3.8, 4) is 0 Å². The van der Waals surface area contributed by atoms with Crippen molar-refractivity contribution in [1.82, 2.24) is 0 Å². The molecule has 0 fully saturated rings. The van der Waals surface area contributed by atoms with Crippen LogP contribution in [0.1, 0.15) is 19.8 Å². The lowest BCUT2D eigenvalue weighted by molar-refractivity contribution is 0.469. The Hall–Kier alpha value is -2.61. The number of benzene rings is 3. The molecule has 0 saturated carbocycles. The van der Waals surface area contributed by atoms with Gasteiger partial charge in [0.25, 0.3) is 0 Å². The molecule has 0 unspecified atom stereocenters. The highest BCUT2D eigenvalue weighted by Crippen LogP contribution is 2.33. The molecule has 0 aromatic heterocycles. The zero-order valence-electron chi connectivity index (χ0n) is 14.1. The monoisotopic (exact) mass is 321 g/mol. The van der Waals surface area contributed by atoms with Crippen LogP contribution < -0.4 is 4.90 Å². The van der Waals surface area contributed by atoms with Gasteiger partial charge >= 0.3 is 0 Å². The molecule has 0 heterocycles. The third kappa shape index (κ3) is 5.24. The molecule has 0 aliphatic heterocycles. The van der Waals surface area contributed by atoms with Crippen LogP contribution in [-0.2, 0) is 0 Å². The number of unbranched alkanes of at least 4 members (excludes halogenated alkanes) is 1. The third-order valence-electron chi connectivity index (χ3n) is 3.53. The lowest BCUT2D eigenvalue weighted by Gasteiger charge is -2.25. The van der Waals surface area contributed by atoms with Gasteiger partial charge in [-0.2, -0.15) is 0 Å². The van der Waals surface area contributed by atoms with Gasteiger partial charge in [-0.15, -0.1) is 0 Å². The minimum absolute atomic E-state index is 0.156. The van der Waals surface area contributed by atoms with E-state index in [1.54, 1.807) is 0 Å². The number of anilines is 3. The molecule has 0 N–H and O–H groups in total. The van der Waals surface area contributed by atoms with Crippen LogP contribution in [0.4, 0.5) is 21.5 Å². The van der Waals surface area contributed by atoms with E-state index in [1.165, 1.54) is 17.1 Å². The van der Waals surface area contributed by atoms with Crippen molar-refractivity contribution in [2.24, 2.45) is 0 Å². The number of hydrogen-bond acceptors (Lipinski definition) is 1. The Balaban J connectivity index is 0.000000368. The standard InChI is InChI=1S/C18H15N.C4H9F/c1-4-10-16(11-5-1)19(17-12-6-2-7-13-17)18-14-8-3-9-15-18;1-2-3-4-5/h1-15H;2-4H2,1H3. The molecule has 3 aromatic carbocycles. The van der Waals surface area contributed by atoms with Gasteiger partial charge in [0, 0.05) is 17.1 Å². The maximum Gasteiger partial charge on any atom is 0.0894 e. The normalized spacial score (nSPS) is 9.75. The van der Waals surface area contributed by atoms with Crippen molar-refractivity contribution >= 4 is 17.1 Å². The van der Waals surface area contributed by atoms with E-state index >= 15 is 0 Å². The fraction of sp³-hybridized carbons (Fsp3) is 0.182. The predicted octanol–water partition coefficient (Wildman–Crippen LogP) is 6.91. The molecular formula is C22H24FN. The summed E-state index contributed by atoms with van der Waals surface area (Å²) < 4.78 is 11.0. The second kappa shape index (κ2) is 10.2. The Morgan fingerprint density at radius 3 is 1.17 bits per heavy atom. The molecular weight excluding hydrogens is 297 g/mol. The molecule has 0 amide bonds. The number of nitrogens with zero attached hydrogens (tertiary/aromatic N) is 1. The number of alkyl halides is 1. The highest BCUT2D eigenvalue weighted by molar-refractivity contribution is 5.76. The van der Waals surface area contributed by atoms with Crippen molar-refractivity contribution < 1.29 is 4.39 Å². The van der Waals surface area contributed by atoms with E-state index in [-0.39, 0.29) is 6.67 Å². The molecule has 0 bridgehead atoms. The molecule has 3 rings (SSSR count). The molecule has 124 valence electrons. The van der Waals surface area contributed by atoms with Gasteiger partial charge in [-0.1, -0.05) is 67.9 Å². The van der Waals surface area contributed by atoms with Crippen LogP contribution in [-0.4, -0.2) is 6.67 Å². The van der Waals surface area contributed by atoms with Crippen molar-refractivity contribution in [2.45, 2.75) is 19.8 Å². The lowest BCUT2D eigenvalue weighted by atomic mass is 10.2. The molecule has 0 spiro atoms. The summed E-state index contributed by atoms with van der Waals surface area (Å²) in [6.07, 6.45) is 1.69. The fourth-order valence-electron chi connectivity index (χ4n) is 2.31. The van der Waals surface area contributed by atoms with Gasteiger partial charge in [0.15, 0.2) is 0 Å². The van der Waals surface area contributed by atoms with E-state index in [0.29, 0.717) is 0 Å². The highest BCUT2D eigenvalue weighted by atomic mass is 19.1. The summed E-state index contributed by atoms with van der Waals surface area (Å²) in [7, 11) is 0. The Labute approximate surface area is 144 Å². The van der Waals surface area contributed by atoms with Gasteiger partial charge in [0.1, 0.15) is 0 Å². The number of halogens is 1. The van der Waals surface area contributed by atoms with Gasteiger partial charge in [-0.25, -0.2) is 0 Å². The molecule has 0 aliphatic carbocycles. The summed E-state index contributed by atoms with van der Waals surface area (Å²) in [6, 6.07) is 31.3. The molecule has 24 heavy (non-hydrogen) atoms. The average Bonchev–Trinajstić information content (AvgIpc) is 2.66. The van der Waals surface area contributed by atoms with E-state index in [4.69, 9.17) is 0 Å². The first kappa shape index (κ1) is 17.7.